The first-order valence-electron chi connectivity index (χ1n) is 8.82. The van der Waals surface area contributed by atoms with Crippen LogP contribution in [0.1, 0.15) is 24.1 Å². The van der Waals surface area contributed by atoms with E-state index < -0.39 is 11.8 Å². The number of amides is 1. The lowest BCUT2D eigenvalue weighted by Gasteiger charge is -2.08. The Kier molecular flexibility index (Phi) is 4.54. The molecule has 0 atom stereocenters. The molecule has 3 aromatic rings. The highest BCUT2D eigenvalue weighted by atomic mass is 19.3. The molecule has 144 valence electrons. The molecule has 2 heterocycles. The minimum Gasteiger partial charge on any atom is -0.384 e. The molecule has 0 spiro atoms. The molecule has 0 bridgehead atoms. The van der Waals surface area contributed by atoms with Crippen molar-refractivity contribution in [3.05, 3.63) is 59.9 Å². The number of carbonyl (C=O) groups is 1. The van der Waals surface area contributed by atoms with Gasteiger partial charge in [0.05, 0.1) is 17.5 Å². The SMILES string of the molecule is Nc1ccc(-c2ccc(CC(=O)Nc3cc(C4(C(F)F)CC4)no3)cc2)cn1. The Morgan fingerprint density at radius 1 is 1.18 bits per heavy atom. The van der Waals surface area contributed by atoms with Crippen molar-refractivity contribution < 1.29 is 18.1 Å². The van der Waals surface area contributed by atoms with Gasteiger partial charge in [-0.25, -0.2) is 13.8 Å². The van der Waals surface area contributed by atoms with E-state index in [1.807, 2.05) is 30.3 Å². The quantitative estimate of drug-likeness (QED) is 0.674. The Morgan fingerprint density at radius 2 is 1.89 bits per heavy atom. The number of nitrogens with two attached hydrogens (primary N) is 1. The summed E-state index contributed by atoms with van der Waals surface area (Å²) in [7, 11) is 0. The predicted octanol–water partition coefficient (Wildman–Crippen LogP) is 3.80. The molecule has 1 amide bonds. The minimum absolute atomic E-state index is 0.0801. The number of hydrogen-bond acceptors (Lipinski definition) is 5. The van der Waals surface area contributed by atoms with Gasteiger partial charge in [-0.2, -0.15) is 0 Å². The van der Waals surface area contributed by atoms with Crippen LogP contribution in [0.5, 0.6) is 0 Å². The second-order valence-electron chi connectivity index (χ2n) is 6.93. The number of halogens is 2. The molecule has 0 unspecified atom stereocenters. The number of rotatable bonds is 6. The van der Waals surface area contributed by atoms with Crippen molar-refractivity contribution in [1.82, 2.24) is 10.1 Å². The molecule has 3 N–H and O–H groups in total. The molecule has 2 aromatic heterocycles. The molecule has 4 rings (SSSR count). The first-order valence-corrected chi connectivity index (χ1v) is 8.82. The largest absolute Gasteiger partial charge is 0.384 e. The van der Waals surface area contributed by atoms with Crippen LogP contribution < -0.4 is 11.1 Å². The van der Waals surface area contributed by atoms with Crippen molar-refractivity contribution in [1.29, 1.82) is 0 Å². The maximum absolute atomic E-state index is 13.1. The van der Waals surface area contributed by atoms with Crippen LogP contribution >= 0.6 is 0 Å². The highest BCUT2D eigenvalue weighted by Crippen LogP contribution is 2.52. The van der Waals surface area contributed by atoms with Crippen LogP contribution in [0.15, 0.2) is 53.2 Å². The Bertz CT molecular complexity index is 980. The predicted molar refractivity (Wildman–Crippen MR) is 99.8 cm³/mol. The summed E-state index contributed by atoms with van der Waals surface area (Å²) in [5.74, 6) is 0.219. The van der Waals surface area contributed by atoms with Crippen molar-refractivity contribution in [3.63, 3.8) is 0 Å². The summed E-state index contributed by atoms with van der Waals surface area (Å²) in [4.78, 5) is 16.3. The molecule has 8 heteroatoms. The van der Waals surface area contributed by atoms with Crippen molar-refractivity contribution in [2.75, 3.05) is 11.1 Å². The zero-order chi connectivity index (χ0) is 19.7. The van der Waals surface area contributed by atoms with E-state index in [4.69, 9.17) is 10.3 Å². The third kappa shape index (κ3) is 3.58. The summed E-state index contributed by atoms with van der Waals surface area (Å²) in [6, 6.07) is 12.4. The molecule has 1 aliphatic rings. The lowest BCUT2D eigenvalue weighted by atomic mass is 10.0. The van der Waals surface area contributed by atoms with Crippen molar-refractivity contribution in [2.24, 2.45) is 0 Å². The zero-order valence-electron chi connectivity index (χ0n) is 14.9. The van der Waals surface area contributed by atoms with Gasteiger partial charge in [0.1, 0.15) is 5.82 Å². The van der Waals surface area contributed by atoms with Gasteiger partial charge in [-0.1, -0.05) is 29.4 Å². The standard InChI is InChI=1S/C20H18F2N4O2/c21-19(22)20(7-8-20)15-10-18(28-26-15)25-17(27)9-12-1-3-13(4-2-12)14-5-6-16(23)24-11-14/h1-6,10-11,19H,7-9H2,(H2,23,24)(H,25,27). The molecule has 0 saturated heterocycles. The van der Waals surface area contributed by atoms with Crippen LogP contribution in [0.2, 0.25) is 0 Å². The maximum atomic E-state index is 13.1. The van der Waals surface area contributed by atoms with Crippen LogP contribution in [0, 0.1) is 0 Å². The number of nitrogen functional groups attached to an aromatic ring is 1. The number of hydrogen-bond donors (Lipinski definition) is 2. The number of benzene rings is 1. The van der Waals surface area contributed by atoms with E-state index in [0.29, 0.717) is 18.7 Å². The fourth-order valence-electron chi connectivity index (χ4n) is 3.05. The molecule has 1 saturated carbocycles. The van der Waals surface area contributed by atoms with Crippen LogP contribution in [0.3, 0.4) is 0 Å². The first-order chi connectivity index (χ1) is 13.5. The lowest BCUT2D eigenvalue weighted by Crippen LogP contribution is -2.17. The van der Waals surface area contributed by atoms with Gasteiger partial charge in [-0.3, -0.25) is 10.1 Å². The molecule has 0 aliphatic heterocycles. The Labute approximate surface area is 159 Å². The summed E-state index contributed by atoms with van der Waals surface area (Å²) >= 11 is 0. The van der Waals surface area contributed by atoms with Gasteiger partial charge >= 0.3 is 0 Å². The molecule has 28 heavy (non-hydrogen) atoms. The van der Waals surface area contributed by atoms with E-state index >= 15 is 0 Å². The number of aromatic nitrogens is 2. The Morgan fingerprint density at radius 3 is 2.50 bits per heavy atom. The molecule has 1 fully saturated rings. The fourth-order valence-corrected chi connectivity index (χ4v) is 3.05. The van der Waals surface area contributed by atoms with Crippen molar-refractivity contribution >= 4 is 17.6 Å². The van der Waals surface area contributed by atoms with E-state index in [2.05, 4.69) is 15.5 Å². The van der Waals surface area contributed by atoms with Gasteiger partial charge in [0.25, 0.3) is 0 Å². The highest BCUT2D eigenvalue weighted by Gasteiger charge is 2.54. The topological polar surface area (TPSA) is 94.0 Å². The number of pyridine rings is 1. The maximum Gasteiger partial charge on any atom is 0.249 e. The second-order valence-corrected chi connectivity index (χ2v) is 6.93. The van der Waals surface area contributed by atoms with E-state index in [1.54, 1.807) is 12.3 Å². The summed E-state index contributed by atoms with van der Waals surface area (Å²) in [6.45, 7) is 0. The van der Waals surface area contributed by atoms with Crippen LogP contribution in [0.25, 0.3) is 11.1 Å². The normalized spacial score (nSPS) is 14.8. The van der Waals surface area contributed by atoms with Crippen molar-refractivity contribution in [3.8, 4) is 11.1 Å². The molecular weight excluding hydrogens is 366 g/mol. The highest BCUT2D eigenvalue weighted by molar-refractivity contribution is 5.91. The molecule has 1 aliphatic carbocycles. The van der Waals surface area contributed by atoms with Crippen LogP contribution in [-0.4, -0.2) is 22.5 Å². The Hall–Kier alpha value is -3.29. The average Bonchev–Trinajstić information content (AvgIpc) is 3.37. The summed E-state index contributed by atoms with van der Waals surface area (Å²) in [5.41, 5.74) is 7.25. The van der Waals surface area contributed by atoms with Gasteiger partial charge < -0.3 is 10.3 Å². The van der Waals surface area contributed by atoms with E-state index in [-0.39, 0.29) is 23.9 Å². The van der Waals surface area contributed by atoms with E-state index in [0.717, 1.165) is 16.7 Å². The van der Waals surface area contributed by atoms with Gasteiger partial charge in [-0.15, -0.1) is 0 Å². The van der Waals surface area contributed by atoms with Crippen molar-refractivity contribution in [2.45, 2.75) is 31.1 Å². The smallest absolute Gasteiger partial charge is 0.249 e. The third-order valence-electron chi connectivity index (χ3n) is 4.93. The van der Waals surface area contributed by atoms with Crippen LogP contribution in [0.4, 0.5) is 20.5 Å². The molecule has 6 nitrogen and oxygen atoms in total. The fraction of sp³-hybridized carbons (Fsp3) is 0.250. The summed E-state index contributed by atoms with van der Waals surface area (Å²) in [5, 5.41) is 6.26. The van der Waals surface area contributed by atoms with E-state index in [9.17, 15) is 13.6 Å². The van der Waals surface area contributed by atoms with Gasteiger partial charge in [0.2, 0.25) is 18.2 Å². The van der Waals surface area contributed by atoms with E-state index in [1.165, 1.54) is 6.07 Å². The number of anilines is 2. The number of carbonyl (C=O) groups excluding carboxylic acids is 1. The van der Waals surface area contributed by atoms with Gasteiger partial charge in [0, 0.05) is 17.8 Å². The summed E-state index contributed by atoms with van der Waals surface area (Å²) in [6.07, 6.45) is 0.0674. The second kappa shape index (κ2) is 7.03. The average molecular weight is 384 g/mol. The number of nitrogens with one attached hydrogen (secondary N) is 1. The monoisotopic (exact) mass is 384 g/mol. The summed E-state index contributed by atoms with van der Waals surface area (Å²) < 4.78 is 31.2. The first kappa shape index (κ1) is 18.1. The lowest BCUT2D eigenvalue weighted by molar-refractivity contribution is -0.115. The van der Waals surface area contributed by atoms with Gasteiger partial charge in [0.15, 0.2) is 0 Å². The Balaban J connectivity index is 1.38. The zero-order valence-corrected chi connectivity index (χ0v) is 14.9. The number of alkyl halides is 2. The molecule has 0 radical (unpaired) electrons. The minimum atomic E-state index is -2.49. The third-order valence-corrected chi connectivity index (χ3v) is 4.93. The molecule has 1 aromatic carbocycles. The van der Waals surface area contributed by atoms with Gasteiger partial charge in [-0.05, 0) is 36.1 Å². The number of nitrogens with zero attached hydrogens (tertiary/aromatic N) is 2. The molecular formula is C20H18F2N4O2. The van der Waals surface area contributed by atoms with Crippen LogP contribution in [-0.2, 0) is 16.6 Å².